The number of nitrogens with zero attached hydrogens (tertiary/aromatic N) is 3. The normalized spacial score (nSPS) is 25.0. The number of hydrogen-bond acceptors (Lipinski definition) is 6. The lowest BCUT2D eigenvalue weighted by Gasteiger charge is -2.26. The van der Waals surface area contributed by atoms with E-state index >= 15 is 0 Å². The van der Waals surface area contributed by atoms with Crippen LogP contribution in [0.1, 0.15) is 13.8 Å². The molecule has 0 spiro atoms. The minimum absolute atomic E-state index is 0.0833. The number of benzene rings is 1. The summed E-state index contributed by atoms with van der Waals surface area (Å²) in [5.41, 5.74) is 1.96. The van der Waals surface area contributed by atoms with Gasteiger partial charge in [0.05, 0.1) is 17.5 Å². The maximum atomic E-state index is 12.1. The second-order valence-electron chi connectivity index (χ2n) is 6.58. The Bertz CT molecular complexity index is 820. The van der Waals surface area contributed by atoms with Gasteiger partial charge in [0.15, 0.2) is 15.0 Å². The molecule has 1 amide bonds. The minimum atomic E-state index is -3.07. The van der Waals surface area contributed by atoms with Gasteiger partial charge < -0.3 is 14.5 Å². The van der Waals surface area contributed by atoms with Crippen LogP contribution < -0.4 is 9.80 Å². The van der Waals surface area contributed by atoms with Crippen molar-refractivity contribution >= 4 is 44.0 Å². The van der Waals surface area contributed by atoms with Crippen LogP contribution in [-0.4, -0.2) is 69.1 Å². The summed E-state index contributed by atoms with van der Waals surface area (Å²) in [6.07, 6.45) is 0. The van der Waals surface area contributed by atoms with Crippen molar-refractivity contribution in [3.63, 3.8) is 0 Å². The van der Waals surface area contributed by atoms with E-state index < -0.39 is 9.84 Å². The molecule has 0 radical (unpaired) electrons. The molecule has 2 atom stereocenters. The van der Waals surface area contributed by atoms with Gasteiger partial charge in [0.25, 0.3) is 5.91 Å². The molecule has 2 aliphatic rings. The molecule has 0 bridgehead atoms. The highest BCUT2D eigenvalue weighted by Crippen LogP contribution is 2.41. The second kappa shape index (κ2) is 8.20. The minimum Gasteiger partial charge on any atom is -0.375 e. The average molecular weight is 412 g/mol. The van der Waals surface area contributed by atoms with Crippen LogP contribution >= 0.6 is 11.8 Å². The third-order valence-electron chi connectivity index (χ3n) is 4.81. The van der Waals surface area contributed by atoms with Gasteiger partial charge in [-0.2, -0.15) is 4.99 Å². The van der Waals surface area contributed by atoms with Crippen molar-refractivity contribution in [2.45, 2.75) is 25.1 Å². The molecule has 7 nitrogen and oxygen atoms in total. The number of carbonyl (C=O) groups excluding carboxylic acids is 1. The molecule has 148 valence electrons. The van der Waals surface area contributed by atoms with E-state index in [1.165, 1.54) is 18.9 Å². The maximum absolute atomic E-state index is 12.1. The van der Waals surface area contributed by atoms with Gasteiger partial charge in [-0.3, -0.25) is 4.79 Å². The number of rotatable bonds is 6. The fraction of sp³-hybridized carbons (Fsp3) is 0.556. The third-order valence-corrected chi connectivity index (χ3v) is 8.02. The second-order valence-corrected chi connectivity index (χ2v) is 9.94. The van der Waals surface area contributed by atoms with E-state index in [-0.39, 0.29) is 35.3 Å². The van der Waals surface area contributed by atoms with Crippen LogP contribution in [0.4, 0.5) is 11.4 Å². The fourth-order valence-corrected chi connectivity index (χ4v) is 7.47. The molecule has 27 heavy (non-hydrogen) atoms. The van der Waals surface area contributed by atoms with Crippen molar-refractivity contribution < 1.29 is 17.9 Å². The zero-order valence-electron chi connectivity index (χ0n) is 15.8. The number of amides is 1. The molecule has 2 fully saturated rings. The lowest BCUT2D eigenvalue weighted by atomic mass is 10.2. The van der Waals surface area contributed by atoms with Gasteiger partial charge in [-0.05, 0) is 38.1 Å². The topological polar surface area (TPSA) is 79.3 Å². The van der Waals surface area contributed by atoms with Gasteiger partial charge in [-0.15, -0.1) is 0 Å². The van der Waals surface area contributed by atoms with Crippen LogP contribution in [0.15, 0.2) is 29.3 Å². The lowest BCUT2D eigenvalue weighted by Crippen LogP contribution is -2.37. The molecule has 3 rings (SSSR count). The Hall–Kier alpha value is -1.58. The number of carbonyl (C=O) groups is 1. The van der Waals surface area contributed by atoms with E-state index in [1.807, 2.05) is 29.2 Å². The number of methoxy groups -OCH3 is 1. The molecule has 1 aromatic rings. The number of thioether (sulfide) groups is 1. The van der Waals surface area contributed by atoms with Crippen molar-refractivity contribution in [3.05, 3.63) is 24.3 Å². The Labute approximate surface area is 164 Å². The Kier molecular flexibility index (Phi) is 6.12. The number of amidine groups is 1. The van der Waals surface area contributed by atoms with E-state index in [4.69, 9.17) is 4.74 Å². The molecule has 0 N–H and O–H groups in total. The molecule has 1 aromatic carbocycles. The van der Waals surface area contributed by atoms with Gasteiger partial charge in [0, 0.05) is 36.8 Å². The highest BCUT2D eigenvalue weighted by atomic mass is 32.2. The SMILES string of the molecule is CCN(CC)c1ccc(N2C(=NC(=O)COC)S[C@H]3CS(=O)(=O)C[C@H]32)cc1. The number of sulfone groups is 1. The zero-order chi connectivity index (χ0) is 19.6. The van der Waals surface area contributed by atoms with Crippen molar-refractivity contribution in [2.75, 3.05) is 48.1 Å². The molecule has 0 aliphatic carbocycles. The van der Waals surface area contributed by atoms with Crippen LogP contribution in [0, 0.1) is 0 Å². The summed E-state index contributed by atoms with van der Waals surface area (Å²) in [6.45, 7) is 5.95. The quantitative estimate of drug-likeness (QED) is 0.706. The largest absolute Gasteiger partial charge is 0.375 e. The van der Waals surface area contributed by atoms with E-state index in [0.29, 0.717) is 5.17 Å². The first-order chi connectivity index (χ1) is 12.9. The number of ether oxygens (including phenoxy) is 1. The number of hydrogen-bond donors (Lipinski definition) is 0. The highest BCUT2D eigenvalue weighted by molar-refractivity contribution is 8.16. The van der Waals surface area contributed by atoms with Crippen molar-refractivity contribution in [1.29, 1.82) is 0 Å². The molecule has 9 heteroatoms. The first-order valence-electron chi connectivity index (χ1n) is 9.00. The van der Waals surface area contributed by atoms with E-state index in [2.05, 4.69) is 23.7 Å². The van der Waals surface area contributed by atoms with E-state index in [0.717, 1.165) is 24.5 Å². The summed E-state index contributed by atoms with van der Waals surface area (Å²) in [5.74, 6) is -0.166. The third kappa shape index (κ3) is 4.30. The number of anilines is 2. The monoisotopic (exact) mass is 411 g/mol. The van der Waals surface area contributed by atoms with Crippen LogP contribution in [0.25, 0.3) is 0 Å². The summed E-state index contributed by atoms with van der Waals surface area (Å²) < 4.78 is 29.1. The van der Waals surface area contributed by atoms with Gasteiger partial charge in [-0.25, -0.2) is 8.42 Å². The molecule has 0 aromatic heterocycles. The Balaban J connectivity index is 1.93. The number of fused-ring (bicyclic) bond motifs is 1. The Morgan fingerprint density at radius 2 is 1.93 bits per heavy atom. The summed E-state index contributed by atoms with van der Waals surface area (Å²) >= 11 is 1.37. The molecule has 0 unspecified atom stereocenters. The van der Waals surface area contributed by atoms with Gasteiger partial charge >= 0.3 is 0 Å². The van der Waals surface area contributed by atoms with Crippen LogP contribution in [0.5, 0.6) is 0 Å². The summed E-state index contributed by atoms with van der Waals surface area (Å²) in [5, 5.41) is 0.448. The van der Waals surface area contributed by atoms with E-state index in [1.54, 1.807) is 0 Å². The van der Waals surface area contributed by atoms with Crippen LogP contribution in [0.3, 0.4) is 0 Å². The molecule has 2 aliphatic heterocycles. The smallest absolute Gasteiger partial charge is 0.274 e. The van der Waals surface area contributed by atoms with Crippen LogP contribution in [-0.2, 0) is 19.4 Å². The molecule has 2 saturated heterocycles. The summed E-state index contributed by atoms with van der Waals surface area (Å²) in [7, 11) is -1.62. The summed E-state index contributed by atoms with van der Waals surface area (Å²) in [6, 6.07) is 7.79. The Morgan fingerprint density at radius 1 is 1.26 bits per heavy atom. The van der Waals surface area contributed by atoms with Crippen molar-refractivity contribution in [2.24, 2.45) is 4.99 Å². The van der Waals surface area contributed by atoms with Gasteiger partial charge in [-0.1, -0.05) is 11.8 Å². The molecule has 0 saturated carbocycles. The number of aliphatic imine (C=N–C) groups is 1. The fourth-order valence-electron chi connectivity index (χ4n) is 3.54. The lowest BCUT2D eigenvalue weighted by molar-refractivity contribution is -0.121. The first kappa shape index (κ1) is 20.2. The van der Waals surface area contributed by atoms with Gasteiger partial charge in [0.1, 0.15) is 6.61 Å². The maximum Gasteiger partial charge on any atom is 0.274 e. The van der Waals surface area contributed by atoms with Crippen molar-refractivity contribution in [3.8, 4) is 0 Å². The predicted octanol–water partition coefficient (Wildman–Crippen LogP) is 1.78. The Morgan fingerprint density at radius 3 is 2.52 bits per heavy atom. The summed E-state index contributed by atoms with van der Waals surface area (Å²) in [4.78, 5) is 20.3. The zero-order valence-corrected chi connectivity index (χ0v) is 17.4. The molecular weight excluding hydrogens is 386 g/mol. The predicted molar refractivity (Wildman–Crippen MR) is 111 cm³/mol. The average Bonchev–Trinajstić information content (AvgIpc) is 3.07. The van der Waals surface area contributed by atoms with E-state index in [9.17, 15) is 13.2 Å². The standard InChI is InChI=1S/C18H25N3O4S2/c1-4-20(5-2)13-6-8-14(9-7-13)21-15-11-27(23,24)12-16(15)26-18(21)19-17(22)10-25-3/h6-9,15-16H,4-5,10-12H2,1-3H3/t15-,16+/m1/s1. The molecule has 2 heterocycles. The first-order valence-corrected chi connectivity index (χ1v) is 11.7. The molecular formula is C18H25N3O4S2. The van der Waals surface area contributed by atoms with Gasteiger partial charge in [0.2, 0.25) is 0 Å². The van der Waals surface area contributed by atoms with Crippen LogP contribution in [0.2, 0.25) is 0 Å². The highest BCUT2D eigenvalue weighted by Gasteiger charge is 2.49. The van der Waals surface area contributed by atoms with Crippen molar-refractivity contribution in [1.82, 2.24) is 0 Å².